The van der Waals surface area contributed by atoms with Gasteiger partial charge in [-0.2, -0.15) is 0 Å². The molecule has 1 saturated heterocycles. The number of carbonyl (C=O) groups excluding carboxylic acids is 1. The number of rotatable bonds is 2. The molecule has 1 fully saturated rings. The average molecular weight is 345 g/mol. The van der Waals surface area contributed by atoms with Crippen LogP contribution < -0.4 is 0 Å². The minimum absolute atomic E-state index is 0.0706. The van der Waals surface area contributed by atoms with Crippen molar-refractivity contribution in [3.05, 3.63) is 47.2 Å². The van der Waals surface area contributed by atoms with Crippen LogP contribution in [0.25, 0.3) is 11.0 Å². The second-order valence-corrected chi connectivity index (χ2v) is 6.60. The van der Waals surface area contributed by atoms with Crippen molar-refractivity contribution >= 4 is 28.5 Å². The number of aryl methyl sites for hydroxylation is 1. The SMILES string of the molecule is Cn1cnnc1C1CCN(C(=O)c2cc3cc(Cl)ccc3o2)CC1. The summed E-state index contributed by atoms with van der Waals surface area (Å²) in [7, 11) is 1.95. The first-order valence-electron chi connectivity index (χ1n) is 7.94. The zero-order valence-electron chi connectivity index (χ0n) is 13.3. The first-order valence-corrected chi connectivity index (χ1v) is 8.32. The van der Waals surface area contributed by atoms with Crippen molar-refractivity contribution in [1.29, 1.82) is 0 Å². The Morgan fingerprint density at radius 2 is 2.08 bits per heavy atom. The molecule has 0 N–H and O–H groups in total. The van der Waals surface area contributed by atoms with Crippen LogP contribution in [0.2, 0.25) is 5.02 Å². The van der Waals surface area contributed by atoms with Gasteiger partial charge in [0, 0.05) is 36.5 Å². The lowest BCUT2D eigenvalue weighted by Gasteiger charge is -2.30. The summed E-state index contributed by atoms with van der Waals surface area (Å²) in [6.07, 6.45) is 3.47. The molecule has 3 aromatic rings. The van der Waals surface area contributed by atoms with Crippen LogP contribution in [0.5, 0.6) is 0 Å². The maximum atomic E-state index is 12.7. The van der Waals surface area contributed by atoms with Crippen LogP contribution in [0.15, 0.2) is 35.0 Å². The third kappa shape index (κ3) is 2.67. The van der Waals surface area contributed by atoms with Gasteiger partial charge < -0.3 is 13.9 Å². The maximum Gasteiger partial charge on any atom is 0.289 e. The molecule has 0 bridgehead atoms. The Morgan fingerprint density at radius 3 is 2.79 bits per heavy atom. The minimum atomic E-state index is -0.0706. The number of fused-ring (bicyclic) bond motifs is 1. The molecule has 3 heterocycles. The van der Waals surface area contributed by atoms with Gasteiger partial charge in [0.05, 0.1) is 0 Å². The van der Waals surface area contributed by atoms with E-state index in [0.717, 1.165) is 24.1 Å². The van der Waals surface area contributed by atoms with Crippen molar-refractivity contribution in [1.82, 2.24) is 19.7 Å². The molecular formula is C17H17ClN4O2. The number of aromatic nitrogens is 3. The van der Waals surface area contributed by atoms with Gasteiger partial charge in [-0.15, -0.1) is 10.2 Å². The molecule has 0 saturated carbocycles. The molecule has 1 aliphatic heterocycles. The molecule has 7 heteroatoms. The Labute approximate surface area is 144 Å². The maximum absolute atomic E-state index is 12.7. The molecule has 4 rings (SSSR count). The van der Waals surface area contributed by atoms with E-state index in [9.17, 15) is 4.79 Å². The van der Waals surface area contributed by atoms with E-state index in [1.54, 1.807) is 30.6 Å². The quantitative estimate of drug-likeness (QED) is 0.716. The zero-order valence-corrected chi connectivity index (χ0v) is 14.0. The van der Waals surface area contributed by atoms with Crippen molar-refractivity contribution in [3.8, 4) is 0 Å². The topological polar surface area (TPSA) is 64.2 Å². The van der Waals surface area contributed by atoms with Gasteiger partial charge in [0.2, 0.25) is 0 Å². The van der Waals surface area contributed by atoms with Gasteiger partial charge >= 0.3 is 0 Å². The Morgan fingerprint density at radius 1 is 1.29 bits per heavy atom. The summed E-state index contributed by atoms with van der Waals surface area (Å²) in [5.41, 5.74) is 0.678. The average Bonchev–Trinajstić information content (AvgIpc) is 3.20. The van der Waals surface area contributed by atoms with E-state index in [1.165, 1.54) is 0 Å². The van der Waals surface area contributed by atoms with Gasteiger partial charge in [-0.3, -0.25) is 4.79 Å². The number of amides is 1. The van der Waals surface area contributed by atoms with Crippen LogP contribution in [0.4, 0.5) is 0 Å². The Balaban J connectivity index is 1.48. The molecule has 1 aromatic carbocycles. The summed E-state index contributed by atoms with van der Waals surface area (Å²) in [6, 6.07) is 7.11. The molecule has 0 radical (unpaired) electrons. The summed E-state index contributed by atoms with van der Waals surface area (Å²) >= 11 is 5.98. The van der Waals surface area contributed by atoms with Crippen LogP contribution >= 0.6 is 11.6 Å². The van der Waals surface area contributed by atoms with Crippen LogP contribution in [-0.4, -0.2) is 38.7 Å². The molecule has 1 aliphatic rings. The predicted octanol–water partition coefficient (Wildman–Crippen LogP) is 3.23. The molecule has 6 nitrogen and oxygen atoms in total. The predicted molar refractivity (Wildman–Crippen MR) is 90.1 cm³/mol. The fourth-order valence-electron chi connectivity index (χ4n) is 3.28. The van der Waals surface area contributed by atoms with E-state index in [1.807, 2.05) is 16.5 Å². The fourth-order valence-corrected chi connectivity index (χ4v) is 3.46. The molecular weight excluding hydrogens is 328 g/mol. The van der Waals surface area contributed by atoms with Crippen molar-refractivity contribution in [2.75, 3.05) is 13.1 Å². The van der Waals surface area contributed by atoms with Crippen molar-refractivity contribution in [2.24, 2.45) is 7.05 Å². The van der Waals surface area contributed by atoms with E-state index in [4.69, 9.17) is 16.0 Å². The summed E-state index contributed by atoms with van der Waals surface area (Å²) < 4.78 is 7.63. The second-order valence-electron chi connectivity index (χ2n) is 6.16. The minimum Gasteiger partial charge on any atom is -0.451 e. The lowest BCUT2D eigenvalue weighted by molar-refractivity contribution is 0.0680. The Kier molecular flexibility index (Phi) is 3.76. The molecule has 2 aromatic heterocycles. The highest BCUT2D eigenvalue weighted by Crippen LogP contribution is 2.28. The van der Waals surface area contributed by atoms with E-state index in [2.05, 4.69) is 10.2 Å². The highest BCUT2D eigenvalue weighted by atomic mass is 35.5. The summed E-state index contributed by atoms with van der Waals surface area (Å²) in [6.45, 7) is 1.38. The van der Waals surface area contributed by atoms with E-state index >= 15 is 0 Å². The number of carbonyl (C=O) groups is 1. The molecule has 0 atom stereocenters. The number of halogens is 1. The highest BCUT2D eigenvalue weighted by Gasteiger charge is 2.28. The van der Waals surface area contributed by atoms with Gasteiger partial charge in [0.1, 0.15) is 17.7 Å². The number of nitrogens with zero attached hydrogens (tertiary/aromatic N) is 4. The molecule has 0 spiro atoms. The second kappa shape index (κ2) is 5.94. The normalized spacial score (nSPS) is 16.0. The van der Waals surface area contributed by atoms with Crippen molar-refractivity contribution in [3.63, 3.8) is 0 Å². The lowest BCUT2D eigenvalue weighted by atomic mass is 9.96. The van der Waals surface area contributed by atoms with Gasteiger partial charge in [0.25, 0.3) is 5.91 Å². The Hall–Kier alpha value is -2.34. The molecule has 0 aliphatic carbocycles. The smallest absolute Gasteiger partial charge is 0.289 e. The standard InChI is InChI=1S/C17H17ClN4O2/c1-21-10-19-20-16(21)11-4-6-22(7-5-11)17(23)15-9-12-8-13(18)2-3-14(12)24-15/h2-3,8-11H,4-7H2,1H3. The first kappa shape index (κ1) is 15.2. The van der Waals surface area contributed by atoms with Crippen LogP contribution in [0.3, 0.4) is 0 Å². The first-order chi connectivity index (χ1) is 11.6. The van der Waals surface area contributed by atoms with Crippen molar-refractivity contribution < 1.29 is 9.21 Å². The number of piperidine rings is 1. The Bertz CT molecular complexity index is 893. The molecule has 124 valence electrons. The van der Waals surface area contributed by atoms with Gasteiger partial charge in [-0.05, 0) is 37.1 Å². The number of hydrogen-bond donors (Lipinski definition) is 0. The van der Waals surface area contributed by atoms with Gasteiger partial charge in [-0.1, -0.05) is 11.6 Å². The highest BCUT2D eigenvalue weighted by molar-refractivity contribution is 6.31. The molecule has 24 heavy (non-hydrogen) atoms. The van der Waals surface area contributed by atoms with Gasteiger partial charge in [-0.25, -0.2) is 0 Å². The number of hydrogen-bond acceptors (Lipinski definition) is 4. The van der Waals surface area contributed by atoms with E-state index in [-0.39, 0.29) is 5.91 Å². The summed E-state index contributed by atoms with van der Waals surface area (Å²) in [5.74, 6) is 1.62. The third-order valence-corrected chi connectivity index (χ3v) is 4.82. The number of benzene rings is 1. The largest absolute Gasteiger partial charge is 0.451 e. The van der Waals surface area contributed by atoms with Crippen LogP contribution in [0, 0.1) is 0 Å². The number of furan rings is 1. The van der Waals surface area contributed by atoms with Crippen molar-refractivity contribution in [2.45, 2.75) is 18.8 Å². The summed E-state index contributed by atoms with van der Waals surface area (Å²) in [5, 5.41) is 9.60. The lowest BCUT2D eigenvalue weighted by Crippen LogP contribution is -2.38. The van der Waals surface area contributed by atoms with Crippen LogP contribution in [-0.2, 0) is 7.05 Å². The van der Waals surface area contributed by atoms with Gasteiger partial charge in [0.15, 0.2) is 5.76 Å². The third-order valence-electron chi connectivity index (χ3n) is 4.58. The fraction of sp³-hybridized carbons (Fsp3) is 0.353. The molecule has 1 amide bonds. The molecule has 0 unspecified atom stereocenters. The van der Waals surface area contributed by atoms with E-state index < -0.39 is 0 Å². The number of likely N-dealkylation sites (tertiary alicyclic amines) is 1. The van der Waals surface area contributed by atoms with E-state index in [0.29, 0.717) is 35.4 Å². The summed E-state index contributed by atoms with van der Waals surface area (Å²) in [4.78, 5) is 14.5. The van der Waals surface area contributed by atoms with Crippen LogP contribution in [0.1, 0.15) is 35.1 Å². The monoisotopic (exact) mass is 344 g/mol. The zero-order chi connectivity index (χ0) is 16.7.